The summed E-state index contributed by atoms with van der Waals surface area (Å²) in [7, 11) is 0. The van der Waals surface area contributed by atoms with Crippen LogP contribution in [0.4, 0.5) is 0 Å². The lowest BCUT2D eigenvalue weighted by Crippen LogP contribution is -2.27. The molecular weight excluding hydrogens is 269 g/mol. The van der Waals surface area contributed by atoms with Crippen molar-refractivity contribution in [2.45, 2.75) is 51.7 Å². The Morgan fingerprint density at radius 1 is 1.33 bits per heavy atom. The van der Waals surface area contributed by atoms with Crippen molar-refractivity contribution in [2.75, 3.05) is 0 Å². The van der Waals surface area contributed by atoms with E-state index >= 15 is 0 Å². The molecule has 0 aliphatic heterocycles. The maximum Gasteiger partial charge on any atom is 0.130 e. The maximum absolute atomic E-state index is 6.11. The first-order valence-electron chi connectivity index (χ1n) is 6.62. The molecule has 0 N–H and O–H groups in total. The molecule has 4 heteroatoms. The molecule has 2 atom stereocenters. The Morgan fingerprint density at radius 2 is 2.11 bits per heavy atom. The average molecular weight is 288 g/mol. The molecule has 2 unspecified atom stereocenters. The summed E-state index contributed by atoms with van der Waals surface area (Å²) in [5.41, 5.74) is 0.918. The molecule has 1 aromatic heterocycles. The van der Waals surface area contributed by atoms with E-state index in [0.717, 1.165) is 12.0 Å². The van der Waals surface area contributed by atoms with Crippen LogP contribution >= 0.6 is 23.2 Å². The van der Waals surface area contributed by atoms with Crippen LogP contribution in [0.25, 0.3) is 0 Å². The molecule has 2 nitrogen and oxygen atoms in total. The van der Waals surface area contributed by atoms with Gasteiger partial charge in [0.2, 0.25) is 0 Å². The molecule has 0 saturated heterocycles. The summed E-state index contributed by atoms with van der Waals surface area (Å²) >= 11 is 11.9. The fraction of sp³-hybridized carbons (Fsp3) is 0.643. The second-order valence-corrected chi connectivity index (χ2v) is 5.70. The zero-order chi connectivity index (χ0) is 13.0. The summed E-state index contributed by atoms with van der Waals surface area (Å²) in [5.74, 6) is 0.692. The molecule has 0 radical (unpaired) electrons. The first kappa shape index (κ1) is 14.1. The summed E-state index contributed by atoms with van der Waals surface area (Å²) in [6.45, 7) is 2.77. The number of hydrogen-bond donors (Lipinski definition) is 0. The zero-order valence-corrected chi connectivity index (χ0v) is 12.2. The van der Waals surface area contributed by atoms with Crippen LogP contribution in [0, 0.1) is 5.92 Å². The predicted molar refractivity (Wildman–Crippen MR) is 75.1 cm³/mol. The molecule has 2 rings (SSSR count). The van der Waals surface area contributed by atoms with Gasteiger partial charge in [-0.1, -0.05) is 49.4 Å². The number of halogens is 2. The molecule has 0 aromatic carbocycles. The summed E-state index contributed by atoms with van der Waals surface area (Å²) in [4.78, 5) is 4.04. The van der Waals surface area contributed by atoms with Gasteiger partial charge in [-0.3, -0.25) is 0 Å². The second kappa shape index (κ2) is 6.74. The summed E-state index contributed by atoms with van der Waals surface area (Å²) in [6, 6.07) is 1.67. The molecule has 1 aliphatic carbocycles. The Morgan fingerprint density at radius 3 is 2.83 bits per heavy atom. The molecule has 1 aromatic rings. The standard InChI is InChI=1S/C14H19Cl2NO/c1-2-10-5-3-4-6-13(10)18-9-11-8-17-14(16)7-12(11)15/h7-8,10,13H,2-6,9H2,1H3. The molecule has 100 valence electrons. The quantitative estimate of drug-likeness (QED) is 0.737. The molecule has 0 spiro atoms. The molecule has 1 heterocycles. The van der Waals surface area contributed by atoms with Crippen LogP contribution in [0.15, 0.2) is 12.3 Å². The number of nitrogens with zero attached hydrogens (tertiary/aromatic N) is 1. The van der Waals surface area contributed by atoms with Gasteiger partial charge in [-0.05, 0) is 24.8 Å². The molecule has 18 heavy (non-hydrogen) atoms. The van der Waals surface area contributed by atoms with E-state index in [0.29, 0.717) is 28.8 Å². The van der Waals surface area contributed by atoms with Crippen molar-refractivity contribution in [2.24, 2.45) is 5.92 Å². The minimum Gasteiger partial charge on any atom is -0.373 e. The lowest BCUT2D eigenvalue weighted by atomic mass is 9.85. The number of rotatable bonds is 4. The third kappa shape index (κ3) is 3.59. The highest BCUT2D eigenvalue weighted by molar-refractivity contribution is 6.34. The van der Waals surface area contributed by atoms with Crippen LogP contribution in [0.2, 0.25) is 10.2 Å². The van der Waals surface area contributed by atoms with Crippen molar-refractivity contribution < 1.29 is 4.74 Å². The lowest BCUT2D eigenvalue weighted by molar-refractivity contribution is -0.0222. The molecule has 0 bridgehead atoms. The molecule has 1 saturated carbocycles. The van der Waals surface area contributed by atoms with Crippen molar-refractivity contribution in [3.63, 3.8) is 0 Å². The van der Waals surface area contributed by atoms with Crippen LogP contribution < -0.4 is 0 Å². The third-order valence-electron chi connectivity index (χ3n) is 3.71. The van der Waals surface area contributed by atoms with Crippen LogP contribution in [0.5, 0.6) is 0 Å². The van der Waals surface area contributed by atoms with E-state index in [4.69, 9.17) is 27.9 Å². The Kier molecular flexibility index (Phi) is 5.28. The van der Waals surface area contributed by atoms with Crippen molar-refractivity contribution >= 4 is 23.2 Å². The van der Waals surface area contributed by atoms with E-state index in [-0.39, 0.29) is 0 Å². The van der Waals surface area contributed by atoms with E-state index in [1.807, 2.05) is 0 Å². The zero-order valence-electron chi connectivity index (χ0n) is 10.7. The highest BCUT2D eigenvalue weighted by Gasteiger charge is 2.24. The number of hydrogen-bond acceptors (Lipinski definition) is 2. The predicted octanol–water partition coefficient (Wildman–Crippen LogP) is 4.87. The summed E-state index contributed by atoms with van der Waals surface area (Å²) < 4.78 is 6.03. The van der Waals surface area contributed by atoms with Crippen molar-refractivity contribution in [3.8, 4) is 0 Å². The number of aromatic nitrogens is 1. The SMILES string of the molecule is CCC1CCCCC1OCc1cnc(Cl)cc1Cl. The maximum atomic E-state index is 6.11. The monoisotopic (exact) mass is 287 g/mol. The van der Waals surface area contributed by atoms with E-state index in [9.17, 15) is 0 Å². The number of ether oxygens (including phenoxy) is 1. The largest absolute Gasteiger partial charge is 0.373 e. The fourth-order valence-corrected chi connectivity index (χ4v) is 3.02. The first-order chi connectivity index (χ1) is 8.70. The third-order valence-corrected chi connectivity index (χ3v) is 4.27. The Balaban J connectivity index is 1.93. The van der Waals surface area contributed by atoms with Gasteiger partial charge in [-0.15, -0.1) is 0 Å². The Bertz CT molecular complexity index is 397. The van der Waals surface area contributed by atoms with Gasteiger partial charge in [0.15, 0.2) is 0 Å². The molecule has 1 fully saturated rings. The number of pyridine rings is 1. The van der Waals surface area contributed by atoms with Crippen LogP contribution in [0.1, 0.15) is 44.6 Å². The van der Waals surface area contributed by atoms with E-state index < -0.39 is 0 Å². The summed E-state index contributed by atoms with van der Waals surface area (Å²) in [6.07, 6.45) is 8.32. The van der Waals surface area contributed by atoms with E-state index in [1.54, 1.807) is 12.3 Å². The van der Waals surface area contributed by atoms with Gasteiger partial charge in [0.05, 0.1) is 17.7 Å². The first-order valence-corrected chi connectivity index (χ1v) is 7.37. The van der Waals surface area contributed by atoms with Crippen molar-refractivity contribution in [1.29, 1.82) is 0 Å². The van der Waals surface area contributed by atoms with Crippen molar-refractivity contribution in [3.05, 3.63) is 28.0 Å². The van der Waals surface area contributed by atoms with Gasteiger partial charge in [0, 0.05) is 11.8 Å². The van der Waals surface area contributed by atoms with Crippen LogP contribution in [0.3, 0.4) is 0 Å². The summed E-state index contributed by atoms with van der Waals surface area (Å²) in [5, 5.41) is 1.06. The second-order valence-electron chi connectivity index (χ2n) is 4.90. The minimum atomic E-state index is 0.371. The Labute approximate surface area is 119 Å². The van der Waals surface area contributed by atoms with Gasteiger partial charge in [-0.25, -0.2) is 4.98 Å². The van der Waals surface area contributed by atoms with E-state index in [2.05, 4.69) is 11.9 Å². The normalized spacial score (nSPS) is 24.2. The molecule has 1 aliphatic rings. The minimum absolute atomic E-state index is 0.371. The molecule has 0 amide bonds. The van der Waals surface area contributed by atoms with E-state index in [1.165, 1.54) is 25.7 Å². The van der Waals surface area contributed by atoms with Gasteiger partial charge < -0.3 is 4.74 Å². The lowest BCUT2D eigenvalue weighted by Gasteiger charge is -2.30. The van der Waals surface area contributed by atoms with Gasteiger partial charge >= 0.3 is 0 Å². The fourth-order valence-electron chi connectivity index (χ4n) is 2.60. The van der Waals surface area contributed by atoms with Crippen molar-refractivity contribution in [1.82, 2.24) is 4.98 Å². The topological polar surface area (TPSA) is 22.1 Å². The average Bonchev–Trinajstić information content (AvgIpc) is 2.38. The molecular formula is C14H19Cl2NO. The highest BCUT2D eigenvalue weighted by atomic mass is 35.5. The van der Waals surface area contributed by atoms with Gasteiger partial charge in [0.25, 0.3) is 0 Å². The van der Waals surface area contributed by atoms with Gasteiger partial charge in [0.1, 0.15) is 5.15 Å². The smallest absolute Gasteiger partial charge is 0.130 e. The van der Waals surface area contributed by atoms with Gasteiger partial charge in [-0.2, -0.15) is 0 Å². The highest BCUT2D eigenvalue weighted by Crippen LogP contribution is 2.30. The van der Waals surface area contributed by atoms with Crippen LogP contribution in [-0.4, -0.2) is 11.1 Å². The van der Waals surface area contributed by atoms with Crippen LogP contribution in [-0.2, 0) is 11.3 Å². The Hall–Kier alpha value is -0.310.